The van der Waals surface area contributed by atoms with Gasteiger partial charge in [0.05, 0.1) is 0 Å². The van der Waals surface area contributed by atoms with Gasteiger partial charge in [-0.25, -0.2) is 0 Å². The molecule has 0 bridgehead atoms. The molecule has 0 unspecified atom stereocenters. The number of carbonyl (C=O) groups is 3. The minimum Gasteiger partial charge on any atom is -0.462 e. The monoisotopic (exact) mass is 955 g/mol. The molecule has 0 amide bonds. The van der Waals surface area contributed by atoms with E-state index in [0.717, 1.165) is 70.6 Å². The summed E-state index contributed by atoms with van der Waals surface area (Å²) in [4.78, 5) is 38.2. The Balaban J connectivity index is 4.34. The van der Waals surface area contributed by atoms with Crippen LogP contribution in [0, 0.1) is 0 Å². The van der Waals surface area contributed by atoms with Gasteiger partial charge in [-0.2, -0.15) is 0 Å². The molecular weight excluding hydrogens is 841 g/mol. The molecule has 0 radical (unpaired) electrons. The van der Waals surface area contributed by atoms with Gasteiger partial charge in [-0.1, -0.05) is 263 Å². The van der Waals surface area contributed by atoms with E-state index in [1.807, 2.05) is 0 Å². The van der Waals surface area contributed by atoms with Crippen LogP contribution in [0.15, 0.2) is 36.5 Å². The number of allylic oxidation sites excluding steroid dienone is 6. The number of carbonyl (C=O) groups excluding carboxylic acids is 3. The first-order chi connectivity index (χ1) is 33.5. The van der Waals surface area contributed by atoms with Crippen molar-refractivity contribution in [3.05, 3.63) is 36.5 Å². The Morgan fingerprint density at radius 2 is 0.529 bits per heavy atom. The number of rotatable bonds is 55. The summed E-state index contributed by atoms with van der Waals surface area (Å²) in [6.45, 7) is 6.64. The van der Waals surface area contributed by atoms with E-state index in [9.17, 15) is 14.4 Å². The van der Waals surface area contributed by atoms with Crippen molar-refractivity contribution in [2.45, 2.75) is 329 Å². The van der Waals surface area contributed by atoms with Crippen molar-refractivity contribution in [3.63, 3.8) is 0 Å². The van der Waals surface area contributed by atoms with Crippen LogP contribution in [-0.2, 0) is 28.6 Å². The lowest BCUT2D eigenvalue weighted by molar-refractivity contribution is -0.167. The Morgan fingerprint density at radius 3 is 0.853 bits per heavy atom. The van der Waals surface area contributed by atoms with Crippen LogP contribution in [0.25, 0.3) is 0 Å². The normalized spacial score (nSPS) is 12.2. The molecule has 0 rings (SSSR count). The van der Waals surface area contributed by atoms with E-state index < -0.39 is 6.10 Å². The molecule has 0 aromatic carbocycles. The van der Waals surface area contributed by atoms with Crippen LogP contribution in [0.5, 0.6) is 0 Å². The Morgan fingerprint density at radius 1 is 0.294 bits per heavy atom. The summed E-state index contributed by atoms with van der Waals surface area (Å²) in [5.74, 6) is -0.866. The first kappa shape index (κ1) is 65.6. The zero-order chi connectivity index (χ0) is 49.3. The molecule has 1 atom stereocenters. The summed E-state index contributed by atoms with van der Waals surface area (Å²) >= 11 is 0. The van der Waals surface area contributed by atoms with Gasteiger partial charge in [-0.15, -0.1) is 0 Å². The summed E-state index contributed by atoms with van der Waals surface area (Å²) in [7, 11) is 0. The molecule has 0 aliphatic heterocycles. The maximum absolute atomic E-state index is 12.9. The van der Waals surface area contributed by atoms with Crippen molar-refractivity contribution in [2.75, 3.05) is 13.2 Å². The minimum absolute atomic E-state index is 0.0732. The lowest BCUT2D eigenvalue weighted by Gasteiger charge is -2.18. The van der Waals surface area contributed by atoms with Crippen molar-refractivity contribution in [1.29, 1.82) is 0 Å². The predicted octanol–water partition coefficient (Wildman–Crippen LogP) is 20.0. The summed E-state index contributed by atoms with van der Waals surface area (Å²) in [6, 6.07) is 0. The number of hydrogen-bond donors (Lipinski definition) is 0. The van der Waals surface area contributed by atoms with Crippen LogP contribution in [0.3, 0.4) is 0 Å². The number of hydrogen-bond acceptors (Lipinski definition) is 6. The van der Waals surface area contributed by atoms with Gasteiger partial charge in [-0.3, -0.25) is 14.4 Å². The van der Waals surface area contributed by atoms with Crippen LogP contribution >= 0.6 is 0 Å². The standard InChI is InChI=1S/C62H114O6/c1-4-7-10-13-16-19-22-25-28-30-31-33-34-37-40-43-46-49-52-55-61(64)67-58-59(57-66-60(63)54-51-48-45-42-39-36-27-24-21-18-15-12-9-6-3)68-62(65)56-53-50-47-44-41-38-35-32-29-26-23-20-17-14-11-8-5-2/h16,19,24-25,27-28,59H,4-15,17-18,20-23,26,29-58H2,1-3H3/b19-16-,27-24-,28-25-/t59-/m1/s1. The van der Waals surface area contributed by atoms with Gasteiger partial charge in [-0.05, 0) is 77.0 Å². The van der Waals surface area contributed by atoms with E-state index in [1.54, 1.807) is 0 Å². The summed E-state index contributed by atoms with van der Waals surface area (Å²) in [5, 5.41) is 0. The van der Waals surface area contributed by atoms with E-state index in [4.69, 9.17) is 14.2 Å². The molecule has 0 N–H and O–H groups in total. The first-order valence-corrected chi connectivity index (χ1v) is 30.0. The number of unbranched alkanes of at least 4 members (excludes halogenated alkanes) is 38. The second-order valence-corrected chi connectivity index (χ2v) is 20.3. The van der Waals surface area contributed by atoms with Crippen LogP contribution in [-0.4, -0.2) is 37.2 Å². The Bertz CT molecular complexity index is 1140. The molecule has 0 saturated heterocycles. The molecular formula is C62H114O6. The lowest BCUT2D eigenvalue weighted by Crippen LogP contribution is -2.30. The Kier molecular flexibility index (Phi) is 55.2. The van der Waals surface area contributed by atoms with Crippen molar-refractivity contribution < 1.29 is 28.6 Å². The molecule has 68 heavy (non-hydrogen) atoms. The Labute approximate surface area is 423 Å². The van der Waals surface area contributed by atoms with Gasteiger partial charge in [0.15, 0.2) is 6.10 Å². The molecule has 0 saturated carbocycles. The van der Waals surface area contributed by atoms with Gasteiger partial charge in [0.25, 0.3) is 0 Å². The second-order valence-electron chi connectivity index (χ2n) is 20.3. The summed E-state index contributed by atoms with van der Waals surface area (Å²) in [6.07, 6.45) is 68.5. The molecule has 398 valence electrons. The maximum Gasteiger partial charge on any atom is 0.306 e. The third-order valence-corrected chi connectivity index (χ3v) is 13.4. The molecule has 6 heteroatoms. The highest BCUT2D eigenvalue weighted by Crippen LogP contribution is 2.17. The van der Waals surface area contributed by atoms with Crippen molar-refractivity contribution in [2.24, 2.45) is 0 Å². The smallest absolute Gasteiger partial charge is 0.306 e. The zero-order valence-corrected chi connectivity index (χ0v) is 45.6. The molecule has 0 spiro atoms. The van der Waals surface area contributed by atoms with E-state index in [1.165, 1.54) is 212 Å². The maximum atomic E-state index is 12.9. The molecule has 0 aliphatic rings. The van der Waals surface area contributed by atoms with Gasteiger partial charge in [0.2, 0.25) is 0 Å². The molecule has 6 nitrogen and oxygen atoms in total. The Hall–Kier alpha value is -2.37. The van der Waals surface area contributed by atoms with Crippen molar-refractivity contribution in [3.8, 4) is 0 Å². The lowest BCUT2D eigenvalue weighted by atomic mass is 10.0. The molecule has 0 aromatic rings. The number of ether oxygens (including phenoxy) is 3. The fraction of sp³-hybridized carbons (Fsp3) is 0.855. The average Bonchev–Trinajstić information content (AvgIpc) is 3.34. The highest BCUT2D eigenvalue weighted by atomic mass is 16.6. The quantitative estimate of drug-likeness (QED) is 0.0262. The highest BCUT2D eigenvalue weighted by molar-refractivity contribution is 5.71. The van der Waals surface area contributed by atoms with Crippen LogP contribution < -0.4 is 0 Å². The summed E-state index contributed by atoms with van der Waals surface area (Å²) < 4.78 is 16.9. The second kappa shape index (κ2) is 57.2. The fourth-order valence-corrected chi connectivity index (χ4v) is 8.82. The molecule has 0 heterocycles. The van der Waals surface area contributed by atoms with Crippen LogP contribution in [0.4, 0.5) is 0 Å². The predicted molar refractivity (Wildman–Crippen MR) is 293 cm³/mol. The van der Waals surface area contributed by atoms with Crippen LogP contribution in [0.2, 0.25) is 0 Å². The average molecular weight is 956 g/mol. The van der Waals surface area contributed by atoms with E-state index in [0.29, 0.717) is 19.3 Å². The number of esters is 3. The zero-order valence-electron chi connectivity index (χ0n) is 45.6. The van der Waals surface area contributed by atoms with Crippen molar-refractivity contribution in [1.82, 2.24) is 0 Å². The molecule has 0 aliphatic carbocycles. The molecule has 0 aromatic heterocycles. The van der Waals surface area contributed by atoms with Crippen LogP contribution in [0.1, 0.15) is 323 Å². The van der Waals surface area contributed by atoms with Gasteiger partial charge < -0.3 is 14.2 Å². The molecule has 0 fully saturated rings. The van der Waals surface area contributed by atoms with Gasteiger partial charge >= 0.3 is 17.9 Å². The summed E-state index contributed by atoms with van der Waals surface area (Å²) in [5.41, 5.74) is 0. The SMILES string of the molecule is CCCCC/C=C\C/C=C\CCCCCCCCCCCC(=O)OC[C@@H](COC(=O)CCCCCCC/C=C\CCCCCCC)OC(=O)CCCCCCCCCCCCCCCCCCC. The van der Waals surface area contributed by atoms with Gasteiger partial charge in [0, 0.05) is 19.3 Å². The third-order valence-electron chi connectivity index (χ3n) is 13.4. The van der Waals surface area contributed by atoms with E-state index >= 15 is 0 Å². The first-order valence-electron chi connectivity index (χ1n) is 30.0. The largest absolute Gasteiger partial charge is 0.462 e. The van der Waals surface area contributed by atoms with E-state index in [-0.39, 0.29) is 31.1 Å². The van der Waals surface area contributed by atoms with Crippen molar-refractivity contribution >= 4 is 17.9 Å². The third kappa shape index (κ3) is 54.6. The van der Waals surface area contributed by atoms with E-state index in [2.05, 4.69) is 57.2 Å². The minimum atomic E-state index is -0.774. The van der Waals surface area contributed by atoms with Gasteiger partial charge in [0.1, 0.15) is 13.2 Å². The fourth-order valence-electron chi connectivity index (χ4n) is 8.82. The highest BCUT2D eigenvalue weighted by Gasteiger charge is 2.19. The topological polar surface area (TPSA) is 78.9 Å².